The van der Waals surface area contributed by atoms with E-state index in [9.17, 15) is 22.8 Å². The topological polar surface area (TPSA) is 43.9 Å². The minimum absolute atomic E-state index is 0.0605. The van der Waals surface area contributed by atoms with Crippen LogP contribution in [0.25, 0.3) is 0 Å². The molecule has 0 radical (unpaired) electrons. The minimum Gasteiger partial charge on any atom is -0.340 e. The molecule has 2 amide bonds. The molecule has 0 N–H and O–H groups in total. The Kier molecular flexibility index (Phi) is 8.63. The van der Waals surface area contributed by atoms with Crippen LogP contribution in [0.2, 0.25) is 15.1 Å². The van der Waals surface area contributed by atoms with E-state index in [1.165, 1.54) is 23.8 Å². The van der Waals surface area contributed by atoms with E-state index < -0.39 is 28.7 Å². The van der Waals surface area contributed by atoms with Crippen molar-refractivity contribution in [3.8, 4) is 0 Å². The molecule has 3 aliphatic rings. The summed E-state index contributed by atoms with van der Waals surface area (Å²) in [5.41, 5.74) is -0.383. The fourth-order valence-corrected chi connectivity index (χ4v) is 6.48. The van der Waals surface area contributed by atoms with Gasteiger partial charge in [-0.2, -0.15) is 13.2 Å². The van der Waals surface area contributed by atoms with E-state index in [4.69, 9.17) is 34.8 Å². The fraction of sp³-hybridized carbons (Fsp3) is 0.517. The third-order valence-electron chi connectivity index (χ3n) is 8.46. The molecule has 11 heteroatoms. The molecule has 40 heavy (non-hydrogen) atoms. The van der Waals surface area contributed by atoms with Crippen molar-refractivity contribution in [3.05, 3.63) is 68.2 Å². The van der Waals surface area contributed by atoms with Gasteiger partial charge in [-0.1, -0.05) is 40.9 Å². The van der Waals surface area contributed by atoms with Crippen LogP contribution in [0.15, 0.2) is 36.4 Å². The third kappa shape index (κ3) is 6.40. The Labute approximate surface area is 247 Å². The molecule has 2 heterocycles. The van der Waals surface area contributed by atoms with Crippen molar-refractivity contribution < 1.29 is 22.8 Å². The standard InChI is InChI=1S/C29H31Cl3F3N3O2/c1-36(27(39)20-5-6-23(30)22(12-20)29(33,34)35)26-16-38(15-21(26)19-4-7-24(31)25(32)13-19)28(40)18-8-10-37(11-9-18)14-17-2-3-17/h4-7,12-13,17-18,21,26H,2-3,8-11,14-16H2,1H3/t21?,26-/m1/s1. The second-order valence-corrected chi connectivity index (χ2v) is 12.4. The van der Waals surface area contributed by atoms with Gasteiger partial charge < -0.3 is 14.7 Å². The first-order chi connectivity index (χ1) is 18.9. The number of benzene rings is 2. The summed E-state index contributed by atoms with van der Waals surface area (Å²) < 4.78 is 40.4. The number of piperidine rings is 1. The van der Waals surface area contributed by atoms with Crippen LogP contribution in [0.4, 0.5) is 13.2 Å². The number of carbonyl (C=O) groups excluding carboxylic acids is 2. The Morgan fingerprint density at radius 2 is 1.60 bits per heavy atom. The predicted molar refractivity (Wildman–Crippen MR) is 150 cm³/mol. The number of alkyl halides is 3. The van der Waals surface area contributed by atoms with E-state index in [-0.39, 0.29) is 29.9 Å². The van der Waals surface area contributed by atoms with Crippen molar-refractivity contribution in [1.82, 2.24) is 14.7 Å². The van der Waals surface area contributed by atoms with Crippen LogP contribution in [0.1, 0.15) is 53.1 Å². The normalized spacial score (nSPS) is 22.5. The zero-order chi connectivity index (χ0) is 28.8. The maximum Gasteiger partial charge on any atom is 0.417 e. The van der Waals surface area contributed by atoms with Crippen LogP contribution in [0, 0.1) is 11.8 Å². The molecule has 2 aromatic carbocycles. The van der Waals surface area contributed by atoms with E-state index in [1.807, 2.05) is 6.07 Å². The Hall–Kier alpha value is -2.00. The summed E-state index contributed by atoms with van der Waals surface area (Å²) in [6, 6.07) is 7.90. The lowest BCUT2D eigenvalue weighted by Crippen LogP contribution is -2.44. The highest BCUT2D eigenvalue weighted by molar-refractivity contribution is 6.42. The predicted octanol–water partition coefficient (Wildman–Crippen LogP) is 6.85. The molecule has 0 aromatic heterocycles. The van der Waals surface area contributed by atoms with Crippen molar-refractivity contribution in [2.45, 2.75) is 43.8 Å². The van der Waals surface area contributed by atoms with Crippen LogP contribution in [0.3, 0.4) is 0 Å². The van der Waals surface area contributed by atoms with E-state index in [0.29, 0.717) is 16.6 Å². The van der Waals surface area contributed by atoms with Crippen LogP contribution in [-0.2, 0) is 11.0 Å². The van der Waals surface area contributed by atoms with Crippen molar-refractivity contribution in [2.24, 2.45) is 11.8 Å². The Morgan fingerprint density at radius 1 is 0.925 bits per heavy atom. The first-order valence-corrected chi connectivity index (χ1v) is 14.7. The Morgan fingerprint density at radius 3 is 2.23 bits per heavy atom. The molecule has 1 aliphatic carbocycles. The van der Waals surface area contributed by atoms with Gasteiger partial charge in [-0.25, -0.2) is 0 Å². The highest BCUT2D eigenvalue weighted by Crippen LogP contribution is 2.38. The number of hydrogen-bond acceptors (Lipinski definition) is 3. The van der Waals surface area contributed by atoms with Crippen molar-refractivity contribution in [3.63, 3.8) is 0 Å². The number of likely N-dealkylation sites (tertiary alicyclic amines) is 2. The lowest BCUT2D eigenvalue weighted by atomic mass is 9.93. The smallest absolute Gasteiger partial charge is 0.340 e. The Bertz CT molecular complexity index is 1280. The largest absolute Gasteiger partial charge is 0.417 e. The first-order valence-electron chi connectivity index (χ1n) is 13.5. The molecular formula is C29H31Cl3F3N3O2. The second kappa shape index (κ2) is 11.7. The number of hydrogen-bond donors (Lipinski definition) is 0. The van der Waals surface area contributed by atoms with Crippen molar-refractivity contribution in [1.29, 1.82) is 0 Å². The van der Waals surface area contributed by atoms with Crippen LogP contribution in [-0.4, -0.2) is 72.3 Å². The van der Waals surface area contributed by atoms with Crippen LogP contribution in [0.5, 0.6) is 0 Å². The molecule has 2 saturated heterocycles. The quantitative estimate of drug-likeness (QED) is 0.357. The van der Waals surface area contributed by atoms with E-state index >= 15 is 0 Å². The van der Waals surface area contributed by atoms with Crippen LogP contribution >= 0.6 is 34.8 Å². The molecule has 0 bridgehead atoms. The van der Waals surface area contributed by atoms with Gasteiger partial charge in [0, 0.05) is 44.1 Å². The van der Waals surface area contributed by atoms with E-state index in [2.05, 4.69) is 4.90 Å². The third-order valence-corrected chi connectivity index (χ3v) is 9.53. The average molecular weight is 617 g/mol. The van der Waals surface area contributed by atoms with E-state index in [0.717, 1.165) is 56.1 Å². The Balaban J connectivity index is 1.36. The molecule has 2 aliphatic heterocycles. The highest BCUT2D eigenvalue weighted by atomic mass is 35.5. The molecule has 1 saturated carbocycles. The van der Waals surface area contributed by atoms with Gasteiger partial charge in [0.2, 0.25) is 5.91 Å². The van der Waals surface area contributed by atoms with Gasteiger partial charge in [0.15, 0.2) is 0 Å². The number of nitrogens with zero attached hydrogens (tertiary/aromatic N) is 3. The molecule has 216 valence electrons. The average Bonchev–Trinajstić information content (AvgIpc) is 3.63. The van der Waals surface area contributed by atoms with Gasteiger partial charge in [0.25, 0.3) is 5.91 Å². The fourth-order valence-electron chi connectivity index (χ4n) is 5.95. The lowest BCUT2D eigenvalue weighted by molar-refractivity contribution is -0.137. The first kappa shape index (κ1) is 29.5. The van der Waals surface area contributed by atoms with Crippen molar-refractivity contribution in [2.75, 3.05) is 39.8 Å². The molecule has 3 fully saturated rings. The number of likely N-dealkylation sites (N-methyl/N-ethyl adjacent to an activating group) is 1. The zero-order valence-corrected chi connectivity index (χ0v) is 24.3. The molecule has 0 spiro atoms. The molecule has 2 atom stereocenters. The molecule has 2 aromatic rings. The van der Waals surface area contributed by atoms with Gasteiger partial charge in [-0.15, -0.1) is 0 Å². The number of halogens is 6. The SMILES string of the molecule is CN(C(=O)c1ccc(Cl)c(C(F)(F)F)c1)[C@@H]1CN(C(=O)C2CCN(CC3CC3)CC2)CC1c1ccc(Cl)c(Cl)c1. The zero-order valence-electron chi connectivity index (χ0n) is 22.1. The monoisotopic (exact) mass is 615 g/mol. The molecular weight excluding hydrogens is 586 g/mol. The van der Waals surface area contributed by atoms with E-state index in [1.54, 1.807) is 24.1 Å². The molecule has 5 nitrogen and oxygen atoms in total. The lowest BCUT2D eigenvalue weighted by Gasteiger charge is -2.33. The highest BCUT2D eigenvalue weighted by Gasteiger charge is 2.43. The number of carbonyl (C=O) groups is 2. The summed E-state index contributed by atoms with van der Waals surface area (Å²) in [7, 11) is 1.56. The van der Waals surface area contributed by atoms with Gasteiger partial charge in [-0.05, 0) is 80.6 Å². The molecule has 1 unspecified atom stereocenters. The summed E-state index contributed by atoms with van der Waals surface area (Å²) in [6.07, 6.45) is -0.513. The van der Waals surface area contributed by atoms with Gasteiger partial charge in [0.1, 0.15) is 0 Å². The second-order valence-electron chi connectivity index (χ2n) is 11.2. The number of rotatable bonds is 6. The van der Waals surface area contributed by atoms with Crippen LogP contribution < -0.4 is 0 Å². The summed E-state index contributed by atoms with van der Waals surface area (Å²) >= 11 is 18.2. The van der Waals surface area contributed by atoms with Gasteiger partial charge in [0.05, 0.1) is 26.7 Å². The maximum atomic E-state index is 13.7. The number of amides is 2. The van der Waals surface area contributed by atoms with Gasteiger partial charge >= 0.3 is 6.18 Å². The summed E-state index contributed by atoms with van der Waals surface area (Å²) in [4.78, 5) is 32.8. The minimum atomic E-state index is -4.70. The summed E-state index contributed by atoms with van der Waals surface area (Å²) in [5.74, 6) is -0.1000. The molecule has 5 rings (SSSR count). The summed E-state index contributed by atoms with van der Waals surface area (Å²) in [6.45, 7) is 3.55. The summed E-state index contributed by atoms with van der Waals surface area (Å²) in [5, 5.41) is 0.268. The van der Waals surface area contributed by atoms with Gasteiger partial charge in [-0.3, -0.25) is 9.59 Å². The maximum absolute atomic E-state index is 13.7. The van der Waals surface area contributed by atoms with Crippen molar-refractivity contribution >= 4 is 46.6 Å².